The molecule has 0 amide bonds. The van der Waals surface area contributed by atoms with Gasteiger partial charge in [-0.3, -0.25) is 4.55 Å². The average molecular weight is 645 g/mol. The Morgan fingerprint density at radius 2 is 0.636 bits per heavy atom. The van der Waals surface area contributed by atoms with Crippen LogP contribution in [0.25, 0.3) is 0 Å². The van der Waals surface area contributed by atoms with Crippen LogP contribution in [-0.4, -0.2) is 19.1 Å². The topological polar surface area (TPSA) is 63.6 Å². The van der Waals surface area contributed by atoms with Gasteiger partial charge in [0.1, 0.15) is 0 Å². The van der Waals surface area contributed by atoms with Gasteiger partial charge in [0.2, 0.25) is 0 Å². The van der Waals surface area contributed by atoms with Gasteiger partial charge in [0, 0.05) is 0 Å². The molecular formula is C39H80O4S. The van der Waals surface area contributed by atoms with Crippen molar-refractivity contribution in [1.82, 2.24) is 0 Å². The lowest BCUT2D eigenvalue weighted by Crippen LogP contribution is -2.18. The van der Waals surface area contributed by atoms with Crippen LogP contribution < -0.4 is 0 Å². The molecule has 0 aromatic carbocycles. The van der Waals surface area contributed by atoms with Crippen LogP contribution in [-0.2, 0) is 14.6 Å². The van der Waals surface area contributed by atoms with E-state index in [1.54, 1.807) is 0 Å². The van der Waals surface area contributed by atoms with Crippen molar-refractivity contribution in [3.63, 3.8) is 0 Å². The van der Waals surface area contributed by atoms with Crippen LogP contribution in [0.2, 0.25) is 0 Å². The van der Waals surface area contributed by atoms with Crippen LogP contribution in [0.15, 0.2) is 0 Å². The summed E-state index contributed by atoms with van der Waals surface area (Å²) in [5.74, 6) is 0.860. The summed E-state index contributed by atoms with van der Waals surface area (Å²) in [6.45, 7) is 6.93. The lowest BCUT2D eigenvalue weighted by molar-refractivity contribution is 0.157. The molecule has 1 unspecified atom stereocenters. The van der Waals surface area contributed by atoms with E-state index in [0.717, 1.165) is 44.4 Å². The fourth-order valence-corrected chi connectivity index (χ4v) is 7.09. The zero-order valence-electron chi connectivity index (χ0n) is 30.3. The van der Waals surface area contributed by atoms with Gasteiger partial charge in [0.25, 0.3) is 0 Å². The predicted molar refractivity (Wildman–Crippen MR) is 194 cm³/mol. The molecule has 0 bridgehead atoms. The van der Waals surface area contributed by atoms with E-state index in [4.69, 9.17) is 4.18 Å². The van der Waals surface area contributed by atoms with Gasteiger partial charge < -0.3 is 0 Å². The van der Waals surface area contributed by atoms with Gasteiger partial charge >= 0.3 is 10.4 Å². The summed E-state index contributed by atoms with van der Waals surface area (Å²) >= 11 is 0. The largest absolute Gasteiger partial charge is 0.397 e. The molecule has 0 radical (unpaired) electrons. The predicted octanol–water partition coefficient (Wildman–Crippen LogP) is 14.1. The van der Waals surface area contributed by atoms with Crippen molar-refractivity contribution in [1.29, 1.82) is 0 Å². The van der Waals surface area contributed by atoms with Crippen molar-refractivity contribution in [2.45, 2.75) is 245 Å². The highest BCUT2D eigenvalue weighted by Gasteiger charge is 2.16. The highest BCUT2D eigenvalue weighted by molar-refractivity contribution is 7.80. The van der Waals surface area contributed by atoms with Crippen molar-refractivity contribution in [2.75, 3.05) is 0 Å². The molecule has 0 heterocycles. The summed E-state index contributed by atoms with van der Waals surface area (Å²) in [5, 5.41) is 0. The summed E-state index contributed by atoms with van der Waals surface area (Å²) < 4.78 is 36.9. The van der Waals surface area contributed by atoms with E-state index in [2.05, 4.69) is 20.8 Å². The highest BCUT2D eigenvalue weighted by atomic mass is 32.3. The van der Waals surface area contributed by atoms with Gasteiger partial charge in [-0.1, -0.05) is 226 Å². The number of hydrogen-bond acceptors (Lipinski definition) is 3. The highest BCUT2D eigenvalue weighted by Crippen LogP contribution is 2.20. The molecule has 0 aromatic heterocycles. The lowest BCUT2D eigenvalue weighted by Gasteiger charge is -2.15. The first-order valence-electron chi connectivity index (χ1n) is 20.0. The minimum Gasteiger partial charge on any atom is -0.264 e. The van der Waals surface area contributed by atoms with Crippen molar-refractivity contribution < 1.29 is 17.2 Å². The Bertz CT molecular complexity index is 649. The van der Waals surface area contributed by atoms with Gasteiger partial charge in [-0.25, -0.2) is 4.18 Å². The molecule has 0 aromatic rings. The van der Waals surface area contributed by atoms with Gasteiger partial charge in [-0.15, -0.1) is 0 Å². The molecular weight excluding hydrogens is 564 g/mol. The zero-order valence-corrected chi connectivity index (χ0v) is 31.1. The maximum absolute atomic E-state index is 11.3. The molecule has 266 valence electrons. The van der Waals surface area contributed by atoms with Crippen LogP contribution >= 0.6 is 0 Å². The Labute approximate surface area is 278 Å². The Morgan fingerprint density at radius 1 is 0.409 bits per heavy atom. The van der Waals surface area contributed by atoms with Crippen LogP contribution in [0.3, 0.4) is 0 Å². The van der Waals surface area contributed by atoms with E-state index in [-0.39, 0.29) is 6.10 Å². The first-order valence-corrected chi connectivity index (χ1v) is 21.4. The Hall–Kier alpha value is -0.130. The minimum absolute atomic E-state index is 0.364. The number of rotatable bonds is 37. The number of hydrogen-bond donors (Lipinski definition) is 1. The molecule has 1 atom stereocenters. The van der Waals surface area contributed by atoms with Gasteiger partial charge in [-0.2, -0.15) is 8.42 Å². The van der Waals surface area contributed by atoms with Crippen molar-refractivity contribution in [3.8, 4) is 0 Å². The average Bonchev–Trinajstić information content (AvgIpc) is 2.97. The Kier molecular flexibility index (Phi) is 34.1. The second-order valence-electron chi connectivity index (χ2n) is 14.5. The molecule has 0 fully saturated rings. The van der Waals surface area contributed by atoms with E-state index in [0.29, 0.717) is 0 Å². The van der Waals surface area contributed by atoms with E-state index in [9.17, 15) is 13.0 Å². The summed E-state index contributed by atoms with van der Waals surface area (Å²) in [4.78, 5) is 0. The maximum atomic E-state index is 11.3. The molecule has 4 nitrogen and oxygen atoms in total. The third-order valence-electron chi connectivity index (χ3n) is 9.44. The molecule has 1 N–H and O–H groups in total. The van der Waals surface area contributed by atoms with Crippen molar-refractivity contribution in [2.24, 2.45) is 5.92 Å². The molecule has 0 aliphatic carbocycles. The summed E-state index contributed by atoms with van der Waals surface area (Å²) in [6.07, 6.45) is 43.7. The Balaban J connectivity index is 3.57. The third-order valence-corrected chi connectivity index (χ3v) is 9.96. The second kappa shape index (κ2) is 34.2. The fourth-order valence-electron chi connectivity index (χ4n) is 6.56. The van der Waals surface area contributed by atoms with Gasteiger partial charge in [-0.05, 0) is 18.8 Å². The summed E-state index contributed by atoms with van der Waals surface area (Å²) in [7, 11) is -4.37. The Morgan fingerprint density at radius 3 is 0.864 bits per heavy atom. The van der Waals surface area contributed by atoms with Gasteiger partial charge in [0.05, 0.1) is 6.10 Å². The first kappa shape index (κ1) is 43.9. The van der Waals surface area contributed by atoms with Crippen molar-refractivity contribution in [3.05, 3.63) is 0 Å². The fraction of sp³-hybridized carbons (Fsp3) is 1.00. The van der Waals surface area contributed by atoms with Crippen LogP contribution in [0.5, 0.6) is 0 Å². The maximum Gasteiger partial charge on any atom is 0.397 e. The second-order valence-corrected chi connectivity index (χ2v) is 15.6. The quantitative estimate of drug-likeness (QED) is 0.0540. The van der Waals surface area contributed by atoms with E-state index < -0.39 is 10.4 Å². The molecule has 0 saturated carbocycles. The molecule has 0 spiro atoms. The standard InChI is InChI=1S/C39H80O4S/c1-4-5-6-7-8-9-10-11-12-15-18-21-24-27-30-33-36-39(43-44(40,41)42)37-34-31-28-25-22-19-16-13-14-17-20-23-26-29-32-35-38(2)3/h38-39H,4-37H2,1-3H3,(H,40,41,42). The van der Waals surface area contributed by atoms with E-state index in [1.807, 2.05) is 0 Å². The summed E-state index contributed by atoms with van der Waals surface area (Å²) in [5.41, 5.74) is 0. The third kappa shape index (κ3) is 38.1. The smallest absolute Gasteiger partial charge is 0.264 e. The van der Waals surface area contributed by atoms with Crippen LogP contribution in [0, 0.1) is 5.92 Å². The lowest BCUT2D eigenvalue weighted by atomic mass is 10.0. The molecule has 0 rings (SSSR count). The summed E-state index contributed by atoms with van der Waals surface area (Å²) in [6, 6.07) is 0. The number of unbranched alkanes of at least 4 members (excludes halogenated alkanes) is 29. The van der Waals surface area contributed by atoms with E-state index in [1.165, 1.54) is 180 Å². The molecule has 0 aliphatic heterocycles. The van der Waals surface area contributed by atoms with Crippen molar-refractivity contribution >= 4 is 10.4 Å². The molecule has 0 aliphatic rings. The monoisotopic (exact) mass is 645 g/mol. The SMILES string of the molecule is CCCCCCCCCCCCCCCCCCC(CCCCCCCCCCCCCCCCCC(C)C)OS(=O)(=O)O. The first-order chi connectivity index (χ1) is 21.3. The zero-order chi connectivity index (χ0) is 32.4. The van der Waals surface area contributed by atoms with E-state index >= 15 is 0 Å². The van der Waals surface area contributed by atoms with Crippen LogP contribution in [0.4, 0.5) is 0 Å². The normalized spacial score (nSPS) is 12.8. The van der Waals surface area contributed by atoms with Gasteiger partial charge in [0.15, 0.2) is 0 Å². The molecule has 44 heavy (non-hydrogen) atoms. The molecule has 5 heteroatoms. The van der Waals surface area contributed by atoms with Crippen LogP contribution in [0.1, 0.15) is 239 Å². The minimum atomic E-state index is -4.37. The molecule has 0 saturated heterocycles.